The topological polar surface area (TPSA) is 70.3 Å². The summed E-state index contributed by atoms with van der Waals surface area (Å²) in [6, 6.07) is 13.4. The zero-order valence-electron chi connectivity index (χ0n) is 15.1. The van der Waals surface area contributed by atoms with Crippen LogP contribution in [0.25, 0.3) is 34.1 Å². The Bertz CT molecular complexity index is 1070. The number of aromatic nitrogens is 3. The number of thiazole rings is 1. The molecule has 0 bridgehead atoms. The Kier molecular flexibility index (Phi) is 4.60. The largest absolute Gasteiger partial charge is 0.497 e. The molecule has 6 nitrogen and oxygen atoms in total. The summed E-state index contributed by atoms with van der Waals surface area (Å²) < 4.78 is 16.1. The van der Waals surface area contributed by atoms with E-state index in [-0.39, 0.29) is 0 Å². The second-order valence-corrected chi connectivity index (χ2v) is 6.88. The molecule has 0 radical (unpaired) electrons. The highest BCUT2D eigenvalue weighted by Gasteiger charge is 2.16. The minimum absolute atomic E-state index is 0.392. The SMILES string of the molecule is COc1ccc(-c2nc(-c3ccc(-c4csc(C)n4)cc3)no2)c(OC)c1. The van der Waals surface area contributed by atoms with Crippen LogP contribution >= 0.6 is 11.3 Å². The lowest BCUT2D eigenvalue weighted by Gasteiger charge is -2.06. The molecule has 0 aliphatic heterocycles. The standard InChI is InChI=1S/C20H17N3O3S/c1-12-21-17(11-27-12)13-4-6-14(7-5-13)19-22-20(26-23-19)16-9-8-15(24-2)10-18(16)25-3/h4-11H,1-3H3. The molecule has 136 valence electrons. The molecule has 4 aromatic rings. The van der Waals surface area contributed by atoms with Crippen LogP contribution in [0.3, 0.4) is 0 Å². The van der Waals surface area contributed by atoms with E-state index in [1.807, 2.05) is 48.7 Å². The first-order valence-electron chi connectivity index (χ1n) is 8.27. The summed E-state index contributed by atoms with van der Waals surface area (Å²) in [5.41, 5.74) is 3.62. The van der Waals surface area contributed by atoms with Gasteiger partial charge in [0.15, 0.2) is 0 Å². The van der Waals surface area contributed by atoms with Crippen molar-refractivity contribution in [2.75, 3.05) is 14.2 Å². The highest BCUT2D eigenvalue weighted by atomic mass is 32.1. The molecule has 0 atom stereocenters. The number of methoxy groups -OCH3 is 2. The quantitative estimate of drug-likeness (QED) is 0.493. The second-order valence-electron chi connectivity index (χ2n) is 5.82. The van der Waals surface area contributed by atoms with E-state index < -0.39 is 0 Å². The van der Waals surface area contributed by atoms with Gasteiger partial charge in [-0.25, -0.2) is 4.98 Å². The Balaban J connectivity index is 1.63. The molecule has 0 aliphatic rings. The molecule has 4 rings (SSSR count). The number of rotatable bonds is 5. The van der Waals surface area contributed by atoms with Gasteiger partial charge in [0, 0.05) is 22.6 Å². The smallest absolute Gasteiger partial charge is 0.262 e. The van der Waals surface area contributed by atoms with Crippen molar-refractivity contribution in [3.05, 3.63) is 52.9 Å². The maximum absolute atomic E-state index is 5.45. The van der Waals surface area contributed by atoms with Crippen LogP contribution in [0.5, 0.6) is 11.5 Å². The van der Waals surface area contributed by atoms with Gasteiger partial charge in [-0.3, -0.25) is 0 Å². The number of hydrogen-bond acceptors (Lipinski definition) is 7. The van der Waals surface area contributed by atoms with E-state index in [1.165, 1.54) is 0 Å². The lowest BCUT2D eigenvalue weighted by atomic mass is 10.1. The van der Waals surface area contributed by atoms with Crippen molar-refractivity contribution in [1.29, 1.82) is 0 Å². The van der Waals surface area contributed by atoms with Gasteiger partial charge in [0.25, 0.3) is 5.89 Å². The van der Waals surface area contributed by atoms with Crippen LogP contribution in [0, 0.1) is 6.92 Å². The van der Waals surface area contributed by atoms with Crippen LogP contribution in [0.1, 0.15) is 5.01 Å². The molecular weight excluding hydrogens is 362 g/mol. The number of aryl methyl sites for hydroxylation is 1. The van der Waals surface area contributed by atoms with E-state index in [2.05, 4.69) is 15.1 Å². The minimum Gasteiger partial charge on any atom is -0.497 e. The van der Waals surface area contributed by atoms with Crippen molar-refractivity contribution >= 4 is 11.3 Å². The summed E-state index contributed by atoms with van der Waals surface area (Å²) in [6.07, 6.45) is 0. The van der Waals surface area contributed by atoms with Gasteiger partial charge in [-0.2, -0.15) is 4.98 Å². The molecule has 0 spiro atoms. The lowest BCUT2D eigenvalue weighted by molar-refractivity contribution is 0.391. The average molecular weight is 379 g/mol. The molecular formula is C20H17N3O3S. The molecule has 0 amide bonds. The number of ether oxygens (including phenoxy) is 2. The Hall–Kier alpha value is -3.19. The van der Waals surface area contributed by atoms with E-state index >= 15 is 0 Å². The zero-order chi connectivity index (χ0) is 18.8. The molecule has 0 N–H and O–H groups in total. The van der Waals surface area contributed by atoms with Crippen LogP contribution in [0.2, 0.25) is 0 Å². The molecule has 2 aromatic heterocycles. The zero-order valence-corrected chi connectivity index (χ0v) is 15.9. The van der Waals surface area contributed by atoms with Crippen LogP contribution in [0.4, 0.5) is 0 Å². The van der Waals surface area contributed by atoms with Gasteiger partial charge >= 0.3 is 0 Å². The van der Waals surface area contributed by atoms with Gasteiger partial charge < -0.3 is 14.0 Å². The fourth-order valence-corrected chi connectivity index (χ4v) is 3.33. The van der Waals surface area contributed by atoms with E-state index in [0.29, 0.717) is 28.8 Å². The third-order valence-electron chi connectivity index (χ3n) is 4.12. The van der Waals surface area contributed by atoms with Crippen molar-refractivity contribution in [2.24, 2.45) is 0 Å². The minimum atomic E-state index is 0.392. The lowest BCUT2D eigenvalue weighted by Crippen LogP contribution is -1.90. The molecule has 0 aliphatic carbocycles. The predicted octanol–water partition coefficient (Wildman–Crippen LogP) is 4.85. The molecule has 0 saturated heterocycles. The van der Waals surface area contributed by atoms with Crippen molar-refractivity contribution in [3.63, 3.8) is 0 Å². The summed E-state index contributed by atoms with van der Waals surface area (Å²) in [4.78, 5) is 9.01. The van der Waals surface area contributed by atoms with Gasteiger partial charge in [0.2, 0.25) is 5.82 Å². The molecule has 0 saturated carbocycles. The predicted molar refractivity (Wildman–Crippen MR) is 104 cm³/mol. The van der Waals surface area contributed by atoms with Crippen molar-refractivity contribution in [2.45, 2.75) is 6.92 Å². The van der Waals surface area contributed by atoms with E-state index in [9.17, 15) is 0 Å². The summed E-state index contributed by atoms with van der Waals surface area (Å²) in [7, 11) is 3.20. The van der Waals surface area contributed by atoms with Gasteiger partial charge in [0.05, 0.1) is 30.5 Å². The third kappa shape index (κ3) is 3.41. The monoisotopic (exact) mass is 379 g/mol. The van der Waals surface area contributed by atoms with Crippen molar-refractivity contribution in [3.8, 4) is 45.6 Å². The molecule has 2 heterocycles. The number of hydrogen-bond donors (Lipinski definition) is 0. The second kappa shape index (κ2) is 7.20. The first kappa shape index (κ1) is 17.2. The summed E-state index contributed by atoms with van der Waals surface area (Å²) in [5, 5.41) is 7.20. The van der Waals surface area contributed by atoms with Gasteiger partial charge in [-0.15, -0.1) is 11.3 Å². The Morgan fingerprint density at radius 1 is 0.926 bits per heavy atom. The fraction of sp³-hybridized carbons (Fsp3) is 0.150. The maximum atomic E-state index is 5.45. The molecule has 2 aromatic carbocycles. The van der Waals surface area contributed by atoms with E-state index in [4.69, 9.17) is 14.0 Å². The number of nitrogens with zero attached hydrogens (tertiary/aromatic N) is 3. The van der Waals surface area contributed by atoms with Gasteiger partial charge in [-0.05, 0) is 19.1 Å². The Morgan fingerprint density at radius 3 is 2.37 bits per heavy atom. The third-order valence-corrected chi connectivity index (χ3v) is 4.90. The van der Waals surface area contributed by atoms with E-state index in [0.717, 1.165) is 21.8 Å². The molecule has 27 heavy (non-hydrogen) atoms. The molecule has 0 unspecified atom stereocenters. The van der Waals surface area contributed by atoms with Crippen LogP contribution in [-0.2, 0) is 0 Å². The fourth-order valence-electron chi connectivity index (χ4n) is 2.71. The van der Waals surface area contributed by atoms with Crippen LogP contribution in [0.15, 0.2) is 52.4 Å². The normalized spacial score (nSPS) is 10.8. The summed E-state index contributed by atoms with van der Waals surface area (Å²) >= 11 is 1.64. The number of benzene rings is 2. The van der Waals surface area contributed by atoms with Crippen LogP contribution in [-0.4, -0.2) is 29.3 Å². The van der Waals surface area contributed by atoms with Crippen LogP contribution < -0.4 is 9.47 Å². The Labute approximate surface area is 160 Å². The average Bonchev–Trinajstić information content (AvgIpc) is 3.37. The van der Waals surface area contributed by atoms with Gasteiger partial charge in [0.1, 0.15) is 11.5 Å². The highest BCUT2D eigenvalue weighted by Crippen LogP contribution is 2.33. The Morgan fingerprint density at radius 2 is 1.70 bits per heavy atom. The highest BCUT2D eigenvalue weighted by molar-refractivity contribution is 7.09. The van der Waals surface area contributed by atoms with Crippen molar-refractivity contribution in [1.82, 2.24) is 15.1 Å². The maximum Gasteiger partial charge on any atom is 0.262 e. The van der Waals surface area contributed by atoms with Crippen molar-refractivity contribution < 1.29 is 14.0 Å². The molecule has 0 fully saturated rings. The molecule has 7 heteroatoms. The summed E-state index contributed by atoms with van der Waals surface area (Å²) in [5.74, 6) is 2.22. The van der Waals surface area contributed by atoms with E-state index in [1.54, 1.807) is 31.6 Å². The first-order chi connectivity index (χ1) is 13.2. The first-order valence-corrected chi connectivity index (χ1v) is 9.15. The van der Waals surface area contributed by atoms with Gasteiger partial charge in [-0.1, -0.05) is 29.4 Å². The summed E-state index contributed by atoms with van der Waals surface area (Å²) in [6.45, 7) is 2.00.